The van der Waals surface area contributed by atoms with Gasteiger partial charge in [-0.1, -0.05) is 23.2 Å². The van der Waals surface area contributed by atoms with Crippen LogP contribution in [0.25, 0.3) is 0 Å². The van der Waals surface area contributed by atoms with E-state index in [-0.39, 0.29) is 0 Å². The third kappa shape index (κ3) is 3.64. The smallest absolute Gasteiger partial charge is 0.0991 e. The van der Waals surface area contributed by atoms with Gasteiger partial charge in [0.1, 0.15) is 0 Å². The average Bonchev–Trinajstić information content (AvgIpc) is 2.47. The zero-order valence-corrected chi connectivity index (χ0v) is 12.0. The number of rotatable bonds is 4. The number of anilines is 1. The van der Waals surface area contributed by atoms with Gasteiger partial charge in [0, 0.05) is 27.8 Å². The van der Waals surface area contributed by atoms with Crippen LogP contribution in [-0.2, 0) is 0 Å². The summed E-state index contributed by atoms with van der Waals surface area (Å²) in [5.74, 6) is 0. The minimum Gasteiger partial charge on any atom is -0.387 e. The third-order valence-corrected chi connectivity index (χ3v) is 3.41. The lowest BCUT2D eigenvalue weighted by atomic mass is 10.1. The number of hydrogen-bond donors (Lipinski definition) is 2. The molecule has 2 aromatic rings. The molecule has 1 atom stereocenters. The maximum atomic E-state index is 10.1. The van der Waals surface area contributed by atoms with Gasteiger partial charge in [-0.25, -0.2) is 0 Å². The number of hydrogen-bond acceptors (Lipinski definition) is 3. The normalized spacial score (nSPS) is 11.7. The first-order valence-electron chi connectivity index (χ1n) is 5.97. The molecule has 0 saturated carbocycles. The van der Waals surface area contributed by atoms with Gasteiger partial charge in [0.2, 0.25) is 0 Å². The molecule has 102 valence electrons. The topological polar surface area (TPSA) is 56.0 Å². The molecule has 20 heavy (non-hydrogen) atoms. The Morgan fingerprint density at radius 2 is 1.85 bits per heavy atom. The molecule has 0 bridgehead atoms. The van der Waals surface area contributed by atoms with E-state index in [1.807, 2.05) is 6.07 Å². The fourth-order valence-corrected chi connectivity index (χ4v) is 2.18. The van der Waals surface area contributed by atoms with Gasteiger partial charge in [0.05, 0.1) is 17.7 Å². The van der Waals surface area contributed by atoms with Crippen LogP contribution in [0.3, 0.4) is 0 Å². The molecule has 0 radical (unpaired) electrons. The molecule has 0 aromatic heterocycles. The summed E-state index contributed by atoms with van der Waals surface area (Å²) in [7, 11) is 0. The van der Waals surface area contributed by atoms with E-state index in [0.29, 0.717) is 27.7 Å². The summed E-state index contributed by atoms with van der Waals surface area (Å²) in [6.07, 6.45) is -0.767. The fraction of sp³-hybridized carbons (Fsp3) is 0.133. The first kappa shape index (κ1) is 14.7. The van der Waals surface area contributed by atoms with Crippen molar-refractivity contribution in [2.75, 3.05) is 11.9 Å². The van der Waals surface area contributed by atoms with Crippen molar-refractivity contribution in [3.05, 3.63) is 63.6 Å². The monoisotopic (exact) mass is 306 g/mol. The van der Waals surface area contributed by atoms with E-state index in [0.717, 1.165) is 5.69 Å². The molecule has 0 aliphatic rings. The van der Waals surface area contributed by atoms with E-state index in [1.165, 1.54) is 0 Å². The Morgan fingerprint density at radius 1 is 1.15 bits per heavy atom. The highest BCUT2D eigenvalue weighted by Crippen LogP contribution is 2.26. The lowest BCUT2D eigenvalue weighted by molar-refractivity contribution is 0.192. The quantitative estimate of drug-likeness (QED) is 0.897. The second kappa shape index (κ2) is 6.62. The van der Waals surface area contributed by atoms with Crippen molar-refractivity contribution < 1.29 is 5.11 Å². The lowest BCUT2D eigenvalue weighted by Crippen LogP contribution is -2.12. The predicted molar refractivity (Wildman–Crippen MR) is 81.1 cm³/mol. The molecule has 0 aliphatic heterocycles. The van der Waals surface area contributed by atoms with Gasteiger partial charge in [0.15, 0.2) is 0 Å². The van der Waals surface area contributed by atoms with E-state index in [1.54, 1.807) is 42.5 Å². The SMILES string of the molecule is N#Cc1ccc(NCC(O)c2cc(Cl)ccc2Cl)cc1. The molecule has 0 aliphatic carbocycles. The summed E-state index contributed by atoms with van der Waals surface area (Å²) in [5.41, 5.74) is 2.00. The second-order valence-electron chi connectivity index (χ2n) is 4.25. The van der Waals surface area contributed by atoms with E-state index in [4.69, 9.17) is 28.5 Å². The molecule has 2 N–H and O–H groups in total. The van der Waals surface area contributed by atoms with Crippen molar-refractivity contribution in [2.45, 2.75) is 6.10 Å². The summed E-state index contributed by atoms with van der Waals surface area (Å²) >= 11 is 11.9. The minimum absolute atomic E-state index is 0.298. The van der Waals surface area contributed by atoms with E-state index in [9.17, 15) is 5.11 Å². The van der Waals surface area contributed by atoms with Gasteiger partial charge in [-0.05, 0) is 42.5 Å². The molecule has 0 fully saturated rings. The van der Waals surface area contributed by atoms with Gasteiger partial charge in [-0.2, -0.15) is 5.26 Å². The van der Waals surface area contributed by atoms with Crippen molar-refractivity contribution in [3.8, 4) is 6.07 Å². The predicted octanol–water partition coefficient (Wildman–Crippen LogP) is 4.01. The third-order valence-electron chi connectivity index (χ3n) is 2.83. The molecular weight excluding hydrogens is 295 g/mol. The summed E-state index contributed by atoms with van der Waals surface area (Å²) in [6, 6.07) is 14.0. The maximum absolute atomic E-state index is 10.1. The highest BCUT2D eigenvalue weighted by atomic mass is 35.5. The van der Waals surface area contributed by atoms with E-state index in [2.05, 4.69) is 5.32 Å². The van der Waals surface area contributed by atoms with Crippen molar-refractivity contribution in [1.82, 2.24) is 0 Å². The van der Waals surface area contributed by atoms with Crippen LogP contribution in [0.15, 0.2) is 42.5 Å². The van der Waals surface area contributed by atoms with Crippen LogP contribution >= 0.6 is 23.2 Å². The Balaban J connectivity index is 2.02. The summed E-state index contributed by atoms with van der Waals surface area (Å²) in [6.45, 7) is 0.298. The number of nitrogens with zero attached hydrogens (tertiary/aromatic N) is 1. The van der Waals surface area contributed by atoms with Gasteiger partial charge in [0.25, 0.3) is 0 Å². The first-order chi connectivity index (χ1) is 9.60. The fourth-order valence-electron chi connectivity index (χ4n) is 1.76. The Kier molecular flexibility index (Phi) is 4.86. The number of halogens is 2. The van der Waals surface area contributed by atoms with Crippen LogP contribution in [0.2, 0.25) is 10.0 Å². The van der Waals surface area contributed by atoms with E-state index >= 15 is 0 Å². The molecule has 3 nitrogen and oxygen atoms in total. The molecule has 2 aromatic carbocycles. The second-order valence-corrected chi connectivity index (χ2v) is 5.10. The molecule has 0 heterocycles. The van der Waals surface area contributed by atoms with Crippen molar-refractivity contribution in [3.63, 3.8) is 0 Å². The Bertz CT molecular complexity index is 635. The highest BCUT2D eigenvalue weighted by Gasteiger charge is 2.12. The van der Waals surface area contributed by atoms with Gasteiger partial charge < -0.3 is 10.4 Å². The van der Waals surface area contributed by atoms with Crippen LogP contribution < -0.4 is 5.32 Å². The van der Waals surface area contributed by atoms with E-state index < -0.39 is 6.10 Å². The number of nitrogens with one attached hydrogen (secondary N) is 1. The summed E-state index contributed by atoms with van der Waals surface area (Å²) in [5, 5.41) is 22.9. The van der Waals surface area contributed by atoms with Crippen LogP contribution in [-0.4, -0.2) is 11.7 Å². The van der Waals surface area contributed by atoms with Gasteiger partial charge in [-0.3, -0.25) is 0 Å². The first-order valence-corrected chi connectivity index (χ1v) is 6.73. The highest BCUT2D eigenvalue weighted by molar-refractivity contribution is 6.33. The minimum atomic E-state index is -0.767. The van der Waals surface area contributed by atoms with Crippen LogP contribution in [0.5, 0.6) is 0 Å². The van der Waals surface area contributed by atoms with Crippen molar-refractivity contribution in [1.29, 1.82) is 5.26 Å². The molecule has 0 amide bonds. The Morgan fingerprint density at radius 3 is 2.50 bits per heavy atom. The maximum Gasteiger partial charge on any atom is 0.0991 e. The molecule has 0 saturated heterocycles. The summed E-state index contributed by atoms with van der Waals surface area (Å²) < 4.78 is 0. The van der Waals surface area contributed by atoms with Crippen LogP contribution in [0, 0.1) is 11.3 Å². The van der Waals surface area contributed by atoms with Crippen LogP contribution in [0.4, 0.5) is 5.69 Å². The summed E-state index contributed by atoms with van der Waals surface area (Å²) in [4.78, 5) is 0. The molecule has 1 unspecified atom stereocenters. The van der Waals surface area contributed by atoms with Crippen molar-refractivity contribution >= 4 is 28.9 Å². The molecular formula is C15H12Cl2N2O. The number of aliphatic hydroxyl groups excluding tert-OH is 1. The Labute approximate surface area is 127 Å². The largest absolute Gasteiger partial charge is 0.387 e. The van der Waals surface area contributed by atoms with Crippen molar-refractivity contribution in [2.24, 2.45) is 0 Å². The number of nitriles is 1. The van der Waals surface area contributed by atoms with Gasteiger partial charge in [-0.15, -0.1) is 0 Å². The molecule has 5 heteroatoms. The zero-order chi connectivity index (χ0) is 14.5. The zero-order valence-electron chi connectivity index (χ0n) is 10.5. The lowest BCUT2D eigenvalue weighted by Gasteiger charge is -2.15. The van der Waals surface area contributed by atoms with Gasteiger partial charge >= 0.3 is 0 Å². The molecule has 0 spiro atoms. The standard InChI is InChI=1S/C15H12Cl2N2O/c16-11-3-6-14(17)13(7-11)15(20)9-19-12-4-1-10(8-18)2-5-12/h1-7,15,19-20H,9H2. The Hall–Kier alpha value is -1.73. The number of benzene rings is 2. The van der Waals surface area contributed by atoms with Crippen LogP contribution in [0.1, 0.15) is 17.2 Å². The molecule has 2 rings (SSSR count). The number of aliphatic hydroxyl groups is 1. The average molecular weight is 307 g/mol.